The molecule has 20 heavy (non-hydrogen) atoms. The van der Waals surface area contributed by atoms with Gasteiger partial charge in [-0.15, -0.1) is 0 Å². The molecule has 0 bridgehead atoms. The van der Waals surface area contributed by atoms with E-state index in [0.29, 0.717) is 11.3 Å². The number of piperidine rings is 1. The van der Waals surface area contributed by atoms with Crippen LogP contribution in [-0.2, 0) is 4.79 Å². The Morgan fingerprint density at radius 2 is 1.70 bits per heavy atom. The molecule has 2 aliphatic rings. The summed E-state index contributed by atoms with van der Waals surface area (Å²) >= 11 is 0. The highest BCUT2D eigenvalue weighted by atomic mass is 16.3. The zero-order valence-electron chi connectivity index (χ0n) is 13.5. The molecule has 0 atom stereocenters. The molecular formula is C17H31NO2. The highest BCUT2D eigenvalue weighted by molar-refractivity contribution is 5.79. The Labute approximate surface area is 123 Å². The lowest BCUT2D eigenvalue weighted by Gasteiger charge is -2.42. The number of aliphatic hydroxyl groups excluding tert-OH is 1. The third kappa shape index (κ3) is 3.36. The molecule has 0 aromatic carbocycles. The maximum absolute atomic E-state index is 12.6. The monoisotopic (exact) mass is 281 g/mol. The number of likely N-dealkylation sites (tertiary alicyclic amines) is 1. The zero-order chi connectivity index (χ0) is 14.8. The van der Waals surface area contributed by atoms with E-state index in [2.05, 4.69) is 25.7 Å². The molecule has 1 aliphatic carbocycles. The van der Waals surface area contributed by atoms with Gasteiger partial charge in [0.05, 0.1) is 0 Å². The quantitative estimate of drug-likeness (QED) is 0.863. The number of carbonyl (C=O) groups is 1. The van der Waals surface area contributed by atoms with Crippen molar-refractivity contribution in [2.75, 3.05) is 19.7 Å². The van der Waals surface area contributed by atoms with Gasteiger partial charge in [0.2, 0.25) is 5.91 Å². The number of rotatable bonds is 3. The lowest BCUT2D eigenvalue weighted by molar-refractivity contribution is -0.140. The second kappa shape index (κ2) is 6.05. The van der Waals surface area contributed by atoms with Crippen LogP contribution in [0.1, 0.15) is 65.7 Å². The Balaban J connectivity index is 1.86. The predicted molar refractivity (Wildman–Crippen MR) is 81.4 cm³/mol. The van der Waals surface area contributed by atoms with Gasteiger partial charge in [-0.2, -0.15) is 0 Å². The van der Waals surface area contributed by atoms with Crippen molar-refractivity contribution in [3.63, 3.8) is 0 Å². The van der Waals surface area contributed by atoms with E-state index in [0.717, 1.165) is 45.2 Å². The topological polar surface area (TPSA) is 40.5 Å². The number of hydrogen-bond donors (Lipinski definition) is 1. The Bertz CT molecular complexity index is 327. The van der Waals surface area contributed by atoms with Gasteiger partial charge in [0.15, 0.2) is 0 Å². The summed E-state index contributed by atoms with van der Waals surface area (Å²) in [5.41, 5.74) is 0.498. The van der Waals surface area contributed by atoms with Gasteiger partial charge in [0, 0.05) is 25.6 Å². The summed E-state index contributed by atoms with van der Waals surface area (Å²) in [4.78, 5) is 14.7. The van der Waals surface area contributed by atoms with Gasteiger partial charge in [-0.3, -0.25) is 4.79 Å². The van der Waals surface area contributed by atoms with Crippen LogP contribution < -0.4 is 0 Å². The van der Waals surface area contributed by atoms with Crippen LogP contribution in [0, 0.1) is 16.7 Å². The summed E-state index contributed by atoms with van der Waals surface area (Å²) < 4.78 is 0. The van der Waals surface area contributed by atoms with Gasteiger partial charge in [-0.25, -0.2) is 0 Å². The van der Waals surface area contributed by atoms with Gasteiger partial charge in [0.1, 0.15) is 0 Å². The minimum absolute atomic E-state index is 0.0747. The summed E-state index contributed by atoms with van der Waals surface area (Å²) in [5.74, 6) is 0.634. The number of aliphatic hydroxyl groups is 1. The molecule has 0 aromatic rings. The molecule has 0 spiro atoms. The van der Waals surface area contributed by atoms with Crippen molar-refractivity contribution >= 4 is 5.91 Å². The van der Waals surface area contributed by atoms with E-state index in [1.807, 2.05) is 0 Å². The number of carbonyl (C=O) groups excluding carboxylic acids is 1. The molecule has 0 unspecified atom stereocenters. The SMILES string of the molecule is CCC1(CO)CCN(C(=O)C2CCC(C)(C)CC2)CC1. The van der Waals surface area contributed by atoms with Crippen LogP contribution in [0.3, 0.4) is 0 Å². The molecule has 2 rings (SSSR count). The molecule has 1 amide bonds. The first-order valence-electron chi connectivity index (χ1n) is 8.31. The van der Waals surface area contributed by atoms with Crippen LogP contribution in [0.25, 0.3) is 0 Å². The average Bonchev–Trinajstić information content (AvgIpc) is 2.47. The molecule has 0 radical (unpaired) electrons. The summed E-state index contributed by atoms with van der Waals surface area (Å²) in [6.45, 7) is 8.72. The summed E-state index contributed by atoms with van der Waals surface area (Å²) in [5, 5.41) is 9.57. The maximum atomic E-state index is 12.6. The van der Waals surface area contributed by atoms with Gasteiger partial charge in [0.25, 0.3) is 0 Å². The second-order valence-electron chi connectivity index (χ2n) is 7.78. The van der Waals surface area contributed by atoms with E-state index < -0.39 is 0 Å². The molecule has 1 saturated heterocycles. The van der Waals surface area contributed by atoms with Gasteiger partial charge >= 0.3 is 0 Å². The van der Waals surface area contributed by atoms with Crippen LogP contribution in [0.15, 0.2) is 0 Å². The van der Waals surface area contributed by atoms with Gasteiger partial charge in [-0.1, -0.05) is 20.8 Å². The molecular weight excluding hydrogens is 250 g/mol. The summed E-state index contributed by atoms with van der Waals surface area (Å²) in [7, 11) is 0. The fraction of sp³-hybridized carbons (Fsp3) is 0.941. The van der Waals surface area contributed by atoms with Crippen molar-refractivity contribution in [2.24, 2.45) is 16.7 Å². The van der Waals surface area contributed by atoms with Crippen molar-refractivity contribution in [3.05, 3.63) is 0 Å². The molecule has 3 nitrogen and oxygen atoms in total. The Kier molecular flexibility index (Phi) is 4.78. The normalized spacial score (nSPS) is 26.5. The second-order valence-corrected chi connectivity index (χ2v) is 7.78. The maximum Gasteiger partial charge on any atom is 0.225 e. The van der Waals surface area contributed by atoms with Gasteiger partial charge in [-0.05, 0) is 55.8 Å². The summed E-state index contributed by atoms with van der Waals surface area (Å²) in [6, 6.07) is 0. The number of nitrogens with zero attached hydrogens (tertiary/aromatic N) is 1. The molecule has 1 saturated carbocycles. The third-order valence-electron chi connectivity index (χ3n) is 5.91. The first-order valence-corrected chi connectivity index (χ1v) is 8.31. The minimum Gasteiger partial charge on any atom is -0.396 e. The molecule has 0 aromatic heterocycles. The van der Waals surface area contributed by atoms with Crippen molar-refractivity contribution < 1.29 is 9.90 Å². The van der Waals surface area contributed by atoms with Gasteiger partial charge < -0.3 is 10.0 Å². The number of amides is 1. The van der Waals surface area contributed by atoms with Crippen molar-refractivity contribution in [1.82, 2.24) is 4.90 Å². The molecule has 3 heteroatoms. The van der Waals surface area contributed by atoms with Crippen molar-refractivity contribution in [2.45, 2.75) is 65.7 Å². The first-order chi connectivity index (χ1) is 9.41. The molecule has 116 valence electrons. The van der Waals surface area contributed by atoms with E-state index in [9.17, 15) is 9.90 Å². The number of hydrogen-bond acceptors (Lipinski definition) is 2. The fourth-order valence-electron chi connectivity index (χ4n) is 3.73. The predicted octanol–water partition coefficient (Wildman–Crippen LogP) is 3.21. The van der Waals surface area contributed by atoms with Crippen LogP contribution >= 0.6 is 0 Å². The van der Waals surface area contributed by atoms with Crippen molar-refractivity contribution in [3.8, 4) is 0 Å². The lowest BCUT2D eigenvalue weighted by Crippen LogP contribution is -2.47. The fourth-order valence-corrected chi connectivity index (χ4v) is 3.73. The third-order valence-corrected chi connectivity index (χ3v) is 5.91. The van der Waals surface area contributed by atoms with Crippen LogP contribution in [0.4, 0.5) is 0 Å². The lowest BCUT2D eigenvalue weighted by atomic mass is 9.72. The van der Waals surface area contributed by atoms with E-state index in [1.54, 1.807) is 0 Å². The van der Waals surface area contributed by atoms with Crippen molar-refractivity contribution in [1.29, 1.82) is 0 Å². The standard InChI is InChI=1S/C17H31NO2/c1-4-17(13-19)9-11-18(12-10-17)15(20)14-5-7-16(2,3)8-6-14/h14,19H,4-13H2,1-3H3. The smallest absolute Gasteiger partial charge is 0.225 e. The summed E-state index contributed by atoms with van der Waals surface area (Å²) in [6.07, 6.45) is 7.40. The van der Waals surface area contributed by atoms with Crippen LogP contribution in [-0.4, -0.2) is 35.6 Å². The van der Waals surface area contributed by atoms with E-state index >= 15 is 0 Å². The Morgan fingerprint density at radius 1 is 1.15 bits per heavy atom. The van der Waals surface area contributed by atoms with E-state index in [4.69, 9.17) is 0 Å². The molecule has 1 heterocycles. The minimum atomic E-state index is 0.0747. The highest BCUT2D eigenvalue weighted by Crippen LogP contribution is 2.40. The highest BCUT2D eigenvalue weighted by Gasteiger charge is 2.37. The van der Waals surface area contributed by atoms with E-state index in [1.165, 1.54) is 12.8 Å². The molecule has 2 fully saturated rings. The Hall–Kier alpha value is -0.570. The van der Waals surface area contributed by atoms with Crippen LogP contribution in [0.2, 0.25) is 0 Å². The largest absolute Gasteiger partial charge is 0.396 e. The van der Waals surface area contributed by atoms with E-state index in [-0.39, 0.29) is 17.9 Å². The first kappa shape index (κ1) is 15.8. The zero-order valence-corrected chi connectivity index (χ0v) is 13.5. The average molecular weight is 281 g/mol. The Morgan fingerprint density at radius 3 is 2.15 bits per heavy atom. The van der Waals surface area contributed by atoms with Crippen LogP contribution in [0.5, 0.6) is 0 Å². The molecule has 1 aliphatic heterocycles. The molecule has 1 N–H and O–H groups in total.